The molecule has 2 aliphatic rings. The Kier molecular flexibility index (Phi) is 7.87. The number of hydrogen-bond donors (Lipinski definition) is 1. The van der Waals surface area contributed by atoms with Crippen LogP contribution >= 0.6 is 12.2 Å². The minimum absolute atomic E-state index is 0.0267. The number of hydrogen-bond acceptors (Lipinski definition) is 4. The molecule has 0 aromatic heterocycles. The summed E-state index contributed by atoms with van der Waals surface area (Å²) in [5, 5.41) is 18.6. The Morgan fingerprint density at radius 1 is 1.15 bits per heavy atom. The van der Waals surface area contributed by atoms with Gasteiger partial charge in [-0.2, -0.15) is 18.4 Å². The number of nitrogens with zero attached hydrogens (tertiary/aromatic N) is 4. The fourth-order valence-corrected chi connectivity index (χ4v) is 5.79. The molecule has 2 saturated heterocycles. The highest BCUT2D eigenvalue weighted by Gasteiger charge is 2.52. The largest absolute Gasteiger partial charge is 0.420 e. The lowest BCUT2D eigenvalue weighted by atomic mass is 9.98. The van der Waals surface area contributed by atoms with Crippen LogP contribution in [0.15, 0.2) is 30.3 Å². The van der Waals surface area contributed by atoms with Gasteiger partial charge in [0.15, 0.2) is 10.9 Å². The minimum atomic E-state index is -5.08. The van der Waals surface area contributed by atoms with E-state index in [9.17, 15) is 23.1 Å². The number of anilines is 2. The Morgan fingerprint density at radius 3 is 2.38 bits per heavy atom. The smallest absolute Gasteiger partial charge is 0.393 e. The van der Waals surface area contributed by atoms with Crippen LogP contribution in [0.3, 0.4) is 0 Å². The van der Waals surface area contributed by atoms with Gasteiger partial charge in [0.05, 0.1) is 23.4 Å². The van der Waals surface area contributed by atoms with Crippen molar-refractivity contribution < 1.29 is 31.9 Å². The van der Waals surface area contributed by atoms with Crippen molar-refractivity contribution in [2.24, 2.45) is 0 Å². The van der Waals surface area contributed by atoms with Crippen molar-refractivity contribution in [3.8, 4) is 6.07 Å². The molecule has 208 valence electrons. The monoisotopic (exact) mass is 566 g/mol. The van der Waals surface area contributed by atoms with Crippen molar-refractivity contribution in [2.75, 3.05) is 22.9 Å². The van der Waals surface area contributed by atoms with Crippen molar-refractivity contribution in [3.63, 3.8) is 0 Å². The van der Waals surface area contributed by atoms with E-state index in [1.807, 2.05) is 0 Å². The molecule has 0 unspecified atom stereocenters. The highest BCUT2D eigenvalue weighted by atomic mass is 32.1. The number of thiocarbonyl (C=S) groups is 1. The third-order valence-electron chi connectivity index (χ3n) is 7.19. The van der Waals surface area contributed by atoms with E-state index in [2.05, 4.69) is 0 Å². The summed E-state index contributed by atoms with van der Waals surface area (Å²) >= 11 is 5.40. The molecule has 12 heteroatoms. The van der Waals surface area contributed by atoms with Crippen molar-refractivity contribution in [3.05, 3.63) is 58.7 Å². The van der Waals surface area contributed by atoms with Crippen molar-refractivity contribution >= 4 is 34.6 Å². The molecule has 0 bridgehead atoms. The van der Waals surface area contributed by atoms with Gasteiger partial charge in [0.2, 0.25) is 5.91 Å². The third-order valence-corrected chi connectivity index (χ3v) is 7.56. The molecule has 6 nitrogen and oxygen atoms in total. The Labute approximate surface area is 228 Å². The van der Waals surface area contributed by atoms with Gasteiger partial charge in [-0.25, -0.2) is 8.78 Å². The molecular weight excluding hydrogens is 539 g/mol. The number of rotatable bonds is 6. The van der Waals surface area contributed by atoms with E-state index >= 15 is 8.78 Å². The van der Waals surface area contributed by atoms with E-state index in [-0.39, 0.29) is 23.5 Å². The van der Waals surface area contributed by atoms with Crippen LogP contribution < -0.4 is 9.80 Å². The summed E-state index contributed by atoms with van der Waals surface area (Å²) in [6, 6.07) is 7.78. The molecule has 0 saturated carbocycles. The number of carbonyl (C=O) groups excluding carboxylic acids is 1. The maximum absolute atomic E-state index is 15.1. The van der Waals surface area contributed by atoms with Gasteiger partial charge in [-0.05, 0) is 81.6 Å². The van der Waals surface area contributed by atoms with Gasteiger partial charge in [-0.1, -0.05) is 6.07 Å². The first-order chi connectivity index (χ1) is 18.3. The lowest BCUT2D eigenvalue weighted by molar-refractivity contribution is -0.140. The SMILES string of the molecule is CC1(C)N(c2ccc(CCCC(=O)N3CCC(O)CC3)c(F)c2)C(=S)N1c1ccc(C#N)c(C(F)(F)F)c1F. The first kappa shape index (κ1) is 28.7. The molecule has 2 aromatic carbocycles. The molecule has 0 spiro atoms. The Bertz CT molecular complexity index is 1330. The number of nitriles is 1. The average molecular weight is 567 g/mol. The predicted molar refractivity (Wildman–Crippen MR) is 139 cm³/mol. The molecule has 0 radical (unpaired) electrons. The number of carbonyl (C=O) groups is 1. The summed E-state index contributed by atoms with van der Waals surface area (Å²) in [7, 11) is 0. The number of benzene rings is 2. The second kappa shape index (κ2) is 10.7. The van der Waals surface area contributed by atoms with E-state index in [0.717, 1.165) is 12.1 Å². The normalized spacial score (nSPS) is 17.7. The Hall–Kier alpha value is -3.30. The predicted octanol–water partition coefficient (Wildman–Crippen LogP) is 5.51. The van der Waals surface area contributed by atoms with Gasteiger partial charge in [0.1, 0.15) is 17.0 Å². The first-order valence-electron chi connectivity index (χ1n) is 12.5. The molecule has 4 rings (SSSR count). The molecule has 0 aliphatic carbocycles. The second-order valence-corrected chi connectivity index (χ2v) is 10.5. The molecule has 0 atom stereocenters. The number of halogens is 5. The molecule has 2 fully saturated rings. The van der Waals surface area contributed by atoms with Gasteiger partial charge < -0.3 is 10.0 Å². The Balaban J connectivity index is 1.47. The summed E-state index contributed by atoms with van der Waals surface area (Å²) in [5.41, 5.74) is -3.33. The molecule has 2 aromatic rings. The number of aryl methyl sites for hydroxylation is 1. The summed E-state index contributed by atoms with van der Waals surface area (Å²) < 4.78 is 70.5. The molecule has 2 heterocycles. The zero-order valence-electron chi connectivity index (χ0n) is 21.4. The first-order valence-corrected chi connectivity index (χ1v) is 12.9. The summed E-state index contributed by atoms with van der Waals surface area (Å²) in [4.78, 5) is 16.8. The van der Waals surface area contributed by atoms with Crippen molar-refractivity contribution in [2.45, 2.75) is 63.9 Å². The third kappa shape index (κ3) is 5.43. The molecular formula is C27H27F5N4O2S. The average Bonchev–Trinajstić information content (AvgIpc) is 2.85. The number of alkyl halides is 3. The van der Waals surface area contributed by atoms with Crippen LogP contribution in [0.5, 0.6) is 0 Å². The number of piperidine rings is 1. The lowest BCUT2D eigenvalue weighted by Crippen LogP contribution is -2.75. The Morgan fingerprint density at radius 2 is 1.82 bits per heavy atom. The van der Waals surface area contributed by atoms with Crippen LogP contribution in [-0.2, 0) is 17.4 Å². The van der Waals surface area contributed by atoms with Gasteiger partial charge >= 0.3 is 6.18 Å². The summed E-state index contributed by atoms with van der Waals surface area (Å²) in [6.07, 6.45) is -3.34. The number of aliphatic hydroxyl groups excluding tert-OH is 1. The standard InChI is InChI=1S/C27H27F5N4O2S/c1-26(2)35(25(39)36(26)21-9-7-17(15-33)23(24(21)29)27(30,31)32)18-8-6-16(20(28)14-18)4-3-5-22(38)34-12-10-19(37)11-13-34/h6-9,14,19,37H,3-5,10-13H2,1-2H3. The molecule has 1 N–H and O–H groups in total. The zero-order chi connectivity index (χ0) is 28.7. The topological polar surface area (TPSA) is 70.8 Å². The molecule has 39 heavy (non-hydrogen) atoms. The van der Waals surface area contributed by atoms with E-state index in [1.165, 1.54) is 21.9 Å². The fourth-order valence-electron chi connectivity index (χ4n) is 5.14. The molecule has 1 amide bonds. The maximum atomic E-state index is 15.1. The van der Waals surface area contributed by atoms with Gasteiger partial charge in [-0.3, -0.25) is 14.6 Å². The van der Waals surface area contributed by atoms with E-state index in [0.29, 0.717) is 50.0 Å². The van der Waals surface area contributed by atoms with Crippen LogP contribution in [0.25, 0.3) is 0 Å². The summed E-state index contributed by atoms with van der Waals surface area (Å²) in [6.45, 7) is 4.22. The van der Waals surface area contributed by atoms with Crippen molar-refractivity contribution in [1.82, 2.24) is 4.90 Å². The van der Waals surface area contributed by atoms with Crippen LogP contribution in [0, 0.1) is 23.0 Å². The van der Waals surface area contributed by atoms with Gasteiger partial charge in [-0.15, -0.1) is 0 Å². The van der Waals surface area contributed by atoms with Crippen LogP contribution in [0.4, 0.5) is 33.3 Å². The van der Waals surface area contributed by atoms with Crippen LogP contribution in [0.1, 0.15) is 56.2 Å². The van der Waals surface area contributed by atoms with E-state index < -0.39 is 40.3 Å². The number of aliphatic hydroxyl groups is 1. The summed E-state index contributed by atoms with van der Waals surface area (Å²) in [5.74, 6) is -2.16. The maximum Gasteiger partial charge on any atom is 0.420 e. The molecule has 2 aliphatic heterocycles. The van der Waals surface area contributed by atoms with Gasteiger partial charge in [0.25, 0.3) is 0 Å². The number of likely N-dealkylation sites (tertiary alicyclic amines) is 1. The van der Waals surface area contributed by atoms with Crippen LogP contribution in [-0.4, -0.2) is 45.9 Å². The van der Waals surface area contributed by atoms with Crippen molar-refractivity contribution in [1.29, 1.82) is 5.26 Å². The zero-order valence-corrected chi connectivity index (χ0v) is 22.2. The van der Waals surface area contributed by atoms with Gasteiger partial charge in [0, 0.05) is 25.2 Å². The fraction of sp³-hybridized carbons (Fsp3) is 0.444. The highest BCUT2D eigenvalue weighted by Crippen LogP contribution is 2.45. The van der Waals surface area contributed by atoms with E-state index in [4.69, 9.17) is 17.5 Å². The number of amides is 1. The van der Waals surface area contributed by atoms with Crippen LogP contribution in [0.2, 0.25) is 0 Å². The second-order valence-electron chi connectivity index (χ2n) is 10.1. The lowest BCUT2D eigenvalue weighted by Gasteiger charge is -2.59. The highest BCUT2D eigenvalue weighted by molar-refractivity contribution is 7.81. The quantitative estimate of drug-likeness (QED) is 0.368. The minimum Gasteiger partial charge on any atom is -0.393 e. The van der Waals surface area contributed by atoms with E-state index in [1.54, 1.807) is 30.9 Å².